The summed E-state index contributed by atoms with van der Waals surface area (Å²) in [4.78, 5) is 14.5. The van der Waals surface area contributed by atoms with E-state index in [0.717, 1.165) is 28.7 Å². The molecule has 0 aromatic heterocycles. The van der Waals surface area contributed by atoms with Gasteiger partial charge in [-0.3, -0.25) is 9.69 Å². The van der Waals surface area contributed by atoms with Crippen LogP contribution in [-0.4, -0.2) is 36.5 Å². The summed E-state index contributed by atoms with van der Waals surface area (Å²) in [5.74, 6) is 0.578. The van der Waals surface area contributed by atoms with Gasteiger partial charge in [0.15, 0.2) is 0 Å². The van der Waals surface area contributed by atoms with Crippen LogP contribution < -0.4 is 11.1 Å². The molecule has 1 amide bonds. The number of carbonyl (C=O) groups is 1. The van der Waals surface area contributed by atoms with Gasteiger partial charge in [-0.25, -0.2) is 0 Å². The Kier molecular flexibility index (Phi) is 7.83. The Morgan fingerprint density at radius 3 is 2.86 bits per heavy atom. The fourth-order valence-corrected chi connectivity index (χ4v) is 3.60. The summed E-state index contributed by atoms with van der Waals surface area (Å²) in [5.41, 5.74) is 7.85. The van der Waals surface area contributed by atoms with E-state index < -0.39 is 0 Å². The van der Waals surface area contributed by atoms with Gasteiger partial charge >= 0.3 is 0 Å². The minimum atomic E-state index is 0. The molecule has 0 aliphatic carbocycles. The van der Waals surface area contributed by atoms with Crippen molar-refractivity contribution in [2.24, 2.45) is 11.7 Å². The monoisotopic (exact) mass is 389 g/mol. The molecule has 1 saturated heterocycles. The molecule has 0 radical (unpaired) electrons. The highest BCUT2D eigenvalue weighted by Gasteiger charge is 2.28. The molecule has 3 N–H and O–H groups in total. The first-order valence-corrected chi connectivity index (χ1v) is 8.30. The number of piperidine rings is 1. The molecule has 0 spiro atoms. The van der Waals surface area contributed by atoms with E-state index in [2.05, 4.69) is 33.1 Å². The maximum absolute atomic E-state index is 12.3. The molecule has 1 aromatic rings. The Morgan fingerprint density at radius 1 is 1.50 bits per heavy atom. The number of carbonyl (C=O) groups excluding carboxylic acids is 1. The number of halogens is 2. The standard InChI is InChI=1S/C16H24BrN3O.ClH/c1-11-5-6-14(13(17)8-11)19-16(21)10-20-7-3-4-12(2)15(20)9-18;/h5-6,8,12,15H,3-4,7,9-10,18H2,1-2H3,(H,19,21);1H. The molecule has 4 nitrogen and oxygen atoms in total. The molecule has 6 heteroatoms. The van der Waals surface area contributed by atoms with Gasteiger partial charge in [0.25, 0.3) is 0 Å². The van der Waals surface area contributed by atoms with Crippen molar-refractivity contribution in [1.29, 1.82) is 0 Å². The summed E-state index contributed by atoms with van der Waals surface area (Å²) < 4.78 is 0.915. The summed E-state index contributed by atoms with van der Waals surface area (Å²) in [6.45, 7) is 6.22. The lowest BCUT2D eigenvalue weighted by Gasteiger charge is -2.38. The summed E-state index contributed by atoms with van der Waals surface area (Å²) in [7, 11) is 0. The molecule has 2 rings (SSSR count). The molecule has 0 bridgehead atoms. The second kappa shape index (κ2) is 8.87. The van der Waals surface area contributed by atoms with Crippen LogP contribution in [0.4, 0.5) is 5.69 Å². The number of nitrogens with zero attached hydrogens (tertiary/aromatic N) is 1. The Labute approximate surface area is 147 Å². The number of amides is 1. The van der Waals surface area contributed by atoms with E-state index in [0.29, 0.717) is 25.0 Å². The van der Waals surface area contributed by atoms with Crippen molar-refractivity contribution in [1.82, 2.24) is 4.90 Å². The van der Waals surface area contributed by atoms with Crippen LogP contribution >= 0.6 is 28.3 Å². The first-order valence-electron chi connectivity index (χ1n) is 7.51. The molecule has 1 aromatic carbocycles. The molecule has 22 heavy (non-hydrogen) atoms. The Hall–Kier alpha value is -0.620. The van der Waals surface area contributed by atoms with Crippen molar-refractivity contribution in [2.45, 2.75) is 32.7 Å². The molecule has 1 fully saturated rings. The van der Waals surface area contributed by atoms with E-state index in [-0.39, 0.29) is 18.3 Å². The van der Waals surface area contributed by atoms with Crippen LogP contribution in [0.3, 0.4) is 0 Å². The van der Waals surface area contributed by atoms with Crippen LogP contribution in [0.15, 0.2) is 22.7 Å². The smallest absolute Gasteiger partial charge is 0.238 e. The zero-order chi connectivity index (χ0) is 15.4. The van der Waals surface area contributed by atoms with Crippen molar-refractivity contribution >= 4 is 39.9 Å². The molecule has 0 saturated carbocycles. The van der Waals surface area contributed by atoms with Crippen LogP contribution in [0.1, 0.15) is 25.3 Å². The van der Waals surface area contributed by atoms with Crippen LogP contribution in [0, 0.1) is 12.8 Å². The van der Waals surface area contributed by atoms with Gasteiger partial charge < -0.3 is 11.1 Å². The number of likely N-dealkylation sites (tertiary alicyclic amines) is 1. The number of aryl methyl sites for hydroxylation is 1. The number of benzene rings is 1. The Bertz CT molecular complexity index is 512. The fourth-order valence-electron chi connectivity index (χ4n) is 3.01. The Morgan fingerprint density at radius 2 is 2.23 bits per heavy atom. The van der Waals surface area contributed by atoms with Gasteiger partial charge in [-0.05, 0) is 65.9 Å². The van der Waals surface area contributed by atoms with Crippen molar-refractivity contribution in [2.75, 3.05) is 25.0 Å². The predicted molar refractivity (Wildman–Crippen MR) is 97.6 cm³/mol. The van der Waals surface area contributed by atoms with E-state index in [4.69, 9.17) is 5.73 Å². The summed E-state index contributed by atoms with van der Waals surface area (Å²) in [6, 6.07) is 6.23. The predicted octanol–water partition coefficient (Wildman–Crippen LogP) is 3.18. The van der Waals surface area contributed by atoms with Crippen LogP contribution in [0.2, 0.25) is 0 Å². The summed E-state index contributed by atoms with van der Waals surface area (Å²) in [6.07, 6.45) is 2.34. The van der Waals surface area contributed by atoms with Gasteiger partial charge in [0, 0.05) is 17.1 Å². The van der Waals surface area contributed by atoms with Gasteiger partial charge in [0.05, 0.1) is 12.2 Å². The van der Waals surface area contributed by atoms with Crippen molar-refractivity contribution in [3.63, 3.8) is 0 Å². The first kappa shape index (κ1) is 19.4. The normalized spacial score (nSPS) is 22.0. The van der Waals surface area contributed by atoms with Crippen molar-refractivity contribution in [3.8, 4) is 0 Å². The number of hydrogen-bond acceptors (Lipinski definition) is 3. The zero-order valence-electron chi connectivity index (χ0n) is 13.1. The van der Waals surface area contributed by atoms with Gasteiger partial charge in [0.1, 0.15) is 0 Å². The molecular formula is C16H25BrClN3O. The lowest BCUT2D eigenvalue weighted by Crippen LogP contribution is -2.51. The lowest BCUT2D eigenvalue weighted by molar-refractivity contribution is -0.118. The van der Waals surface area contributed by atoms with Gasteiger partial charge in [-0.15, -0.1) is 12.4 Å². The van der Waals surface area contributed by atoms with Crippen LogP contribution in [0.5, 0.6) is 0 Å². The highest BCUT2D eigenvalue weighted by Crippen LogP contribution is 2.25. The molecule has 2 atom stereocenters. The first-order chi connectivity index (χ1) is 10.0. The average molecular weight is 391 g/mol. The van der Waals surface area contributed by atoms with E-state index >= 15 is 0 Å². The summed E-state index contributed by atoms with van der Waals surface area (Å²) >= 11 is 3.49. The fraction of sp³-hybridized carbons (Fsp3) is 0.562. The number of nitrogens with two attached hydrogens (primary N) is 1. The van der Waals surface area contributed by atoms with Gasteiger partial charge in [-0.2, -0.15) is 0 Å². The zero-order valence-corrected chi connectivity index (χ0v) is 15.5. The SMILES string of the molecule is Cc1ccc(NC(=O)CN2CCCC(C)C2CN)c(Br)c1.Cl. The number of rotatable bonds is 4. The topological polar surface area (TPSA) is 58.4 Å². The second-order valence-electron chi connectivity index (χ2n) is 5.92. The van der Waals surface area contributed by atoms with Crippen LogP contribution in [0.25, 0.3) is 0 Å². The number of nitrogens with one attached hydrogen (secondary N) is 1. The molecular weight excluding hydrogens is 366 g/mol. The average Bonchev–Trinajstić information content (AvgIpc) is 2.42. The number of anilines is 1. The van der Waals surface area contributed by atoms with Gasteiger partial charge in [-0.1, -0.05) is 13.0 Å². The molecule has 124 valence electrons. The highest BCUT2D eigenvalue weighted by molar-refractivity contribution is 9.10. The van der Waals surface area contributed by atoms with E-state index in [1.807, 2.05) is 25.1 Å². The quantitative estimate of drug-likeness (QED) is 0.830. The van der Waals surface area contributed by atoms with Crippen LogP contribution in [-0.2, 0) is 4.79 Å². The Balaban J connectivity index is 0.00000242. The molecule has 2 unspecified atom stereocenters. The lowest BCUT2D eigenvalue weighted by atomic mass is 9.91. The minimum absolute atomic E-state index is 0. The number of hydrogen-bond donors (Lipinski definition) is 2. The third-order valence-electron chi connectivity index (χ3n) is 4.22. The largest absolute Gasteiger partial charge is 0.329 e. The third kappa shape index (κ3) is 4.95. The van der Waals surface area contributed by atoms with E-state index in [1.54, 1.807) is 0 Å². The molecule has 1 heterocycles. The summed E-state index contributed by atoms with van der Waals surface area (Å²) in [5, 5.41) is 2.98. The third-order valence-corrected chi connectivity index (χ3v) is 4.87. The van der Waals surface area contributed by atoms with E-state index in [9.17, 15) is 4.79 Å². The molecule has 1 aliphatic heterocycles. The van der Waals surface area contributed by atoms with Crippen molar-refractivity contribution < 1.29 is 4.79 Å². The maximum atomic E-state index is 12.3. The van der Waals surface area contributed by atoms with Crippen molar-refractivity contribution in [3.05, 3.63) is 28.2 Å². The highest BCUT2D eigenvalue weighted by atomic mass is 79.9. The minimum Gasteiger partial charge on any atom is -0.329 e. The maximum Gasteiger partial charge on any atom is 0.238 e. The van der Waals surface area contributed by atoms with E-state index in [1.165, 1.54) is 6.42 Å². The van der Waals surface area contributed by atoms with Gasteiger partial charge in [0.2, 0.25) is 5.91 Å². The molecule has 1 aliphatic rings. The second-order valence-corrected chi connectivity index (χ2v) is 6.78.